The topological polar surface area (TPSA) is 83.0 Å². The number of nitrogens with one attached hydrogen (secondary N) is 2. The summed E-state index contributed by atoms with van der Waals surface area (Å²) in [5.74, 6) is 1.32. The zero-order chi connectivity index (χ0) is 19.2. The Bertz CT molecular complexity index is 889. The maximum Gasteiger partial charge on any atom is 0.225 e. The van der Waals surface area contributed by atoms with Crippen LogP contribution in [0.3, 0.4) is 0 Å². The van der Waals surface area contributed by atoms with E-state index in [1.165, 1.54) is 0 Å². The van der Waals surface area contributed by atoms with Crippen LogP contribution >= 0.6 is 15.9 Å². The molecule has 27 heavy (non-hydrogen) atoms. The first kappa shape index (κ1) is 19.3. The Morgan fingerprint density at radius 2 is 1.81 bits per heavy atom. The van der Waals surface area contributed by atoms with E-state index in [9.17, 15) is 5.11 Å². The molecule has 0 saturated carbocycles. The molecule has 7 heteroatoms. The van der Waals surface area contributed by atoms with E-state index in [-0.39, 0.29) is 18.6 Å². The van der Waals surface area contributed by atoms with Crippen LogP contribution < -0.4 is 10.6 Å². The highest BCUT2D eigenvalue weighted by atomic mass is 79.9. The fourth-order valence-corrected chi connectivity index (χ4v) is 2.89. The molecule has 0 unspecified atom stereocenters. The average molecular weight is 428 g/mol. The Morgan fingerprint density at radius 1 is 1.04 bits per heavy atom. The van der Waals surface area contributed by atoms with Crippen LogP contribution in [0.5, 0.6) is 0 Å². The van der Waals surface area contributed by atoms with Crippen LogP contribution in [-0.4, -0.2) is 32.7 Å². The summed E-state index contributed by atoms with van der Waals surface area (Å²) in [6.45, 7) is 4.08. The van der Waals surface area contributed by atoms with Gasteiger partial charge in [0.25, 0.3) is 0 Å². The summed E-state index contributed by atoms with van der Waals surface area (Å²) in [5.41, 5.74) is 2.35. The molecule has 140 valence electrons. The molecule has 2 aromatic heterocycles. The van der Waals surface area contributed by atoms with Gasteiger partial charge in [0.05, 0.1) is 29.7 Å². The Kier molecular flexibility index (Phi) is 6.36. The molecule has 3 rings (SSSR count). The van der Waals surface area contributed by atoms with Crippen molar-refractivity contribution >= 4 is 33.4 Å². The number of aliphatic hydroxyl groups is 1. The average Bonchev–Trinajstić information content (AvgIpc) is 2.68. The Labute approximate surface area is 167 Å². The van der Waals surface area contributed by atoms with Gasteiger partial charge in [0.1, 0.15) is 5.82 Å². The molecule has 1 atom stereocenters. The van der Waals surface area contributed by atoms with Crippen LogP contribution in [0.2, 0.25) is 0 Å². The number of halogens is 1. The van der Waals surface area contributed by atoms with E-state index in [1.807, 2.05) is 62.4 Å². The first-order valence-electron chi connectivity index (χ1n) is 8.76. The minimum absolute atomic E-state index is 0.00182. The van der Waals surface area contributed by atoms with Crippen molar-refractivity contribution in [1.82, 2.24) is 15.0 Å². The SMILES string of the molecule is CC(C)[C@@H](CO)Nc1nc(Nc2ccccc2Br)cc(-c2ccccn2)n1. The third kappa shape index (κ3) is 5.02. The summed E-state index contributed by atoms with van der Waals surface area (Å²) in [4.78, 5) is 13.5. The molecule has 0 amide bonds. The summed E-state index contributed by atoms with van der Waals surface area (Å²) in [7, 11) is 0. The number of benzene rings is 1. The normalized spacial score (nSPS) is 12.0. The monoisotopic (exact) mass is 427 g/mol. The zero-order valence-corrected chi connectivity index (χ0v) is 16.8. The lowest BCUT2D eigenvalue weighted by Gasteiger charge is -2.20. The van der Waals surface area contributed by atoms with E-state index in [4.69, 9.17) is 0 Å². The summed E-state index contributed by atoms with van der Waals surface area (Å²) in [6, 6.07) is 15.2. The van der Waals surface area contributed by atoms with Gasteiger partial charge in [-0.3, -0.25) is 4.98 Å². The lowest BCUT2D eigenvalue weighted by atomic mass is 10.1. The van der Waals surface area contributed by atoms with E-state index < -0.39 is 0 Å². The molecule has 1 aromatic carbocycles. The van der Waals surface area contributed by atoms with E-state index in [1.54, 1.807) is 6.20 Å². The van der Waals surface area contributed by atoms with Gasteiger partial charge in [0.15, 0.2) is 0 Å². The van der Waals surface area contributed by atoms with Gasteiger partial charge in [0.2, 0.25) is 5.95 Å². The molecule has 0 aliphatic carbocycles. The quantitative estimate of drug-likeness (QED) is 0.515. The number of aromatic nitrogens is 3. The number of pyridine rings is 1. The predicted molar refractivity (Wildman–Crippen MR) is 112 cm³/mol. The first-order valence-corrected chi connectivity index (χ1v) is 9.55. The van der Waals surface area contributed by atoms with Gasteiger partial charge >= 0.3 is 0 Å². The van der Waals surface area contributed by atoms with Gasteiger partial charge in [-0.2, -0.15) is 4.98 Å². The van der Waals surface area contributed by atoms with Gasteiger partial charge in [-0.25, -0.2) is 4.98 Å². The van der Waals surface area contributed by atoms with Crippen LogP contribution in [0.15, 0.2) is 59.2 Å². The van der Waals surface area contributed by atoms with Crippen LogP contribution in [-0.2, 0) is 0 Å². The fourth-order valence-electron chi connectivity index (χ4n) is 2.51. The largest absolute Gasteiger partial charge is 0.394 e. The van der Waals surface area contributed by atoms with Crippen molar-refractivity contribution in [2.24, 2.45) is 5.92 Å². The van der Waals surface area contributed by atoms with Gasteiger partial charge in [-0.05, 0) is 46.1 Å². The molecule has 2 heterocycles. The number of anilines is 3. The third-order valence-corrected chi connectivity index (χ3v) is 4.80. The van der Waals surface area contributed by atoms with Gasteiger partial charge in [-0.15, -0.1) is 0 Å². The smallest absolute Gasteiger partial charge is 0.225 e. The molecule has 0 aliphatic rings. The van der Waals surface area contributed by atoms with Crippen molar-refractivity contribution in [3.8, 4) is 11.4 Å². The molecule has 3 N–H and O–H groups in total. The molecule has 3 aromatic rings. The molecule has 0 aliphatic heterocycles. The second-order valence-electron chi connectivity index (χ2n) is 6.46. The number of hydrogen-bond acceptors (Lipinski definition) is 6. The van der Waals surface area contributed by atoms with E-state index in [2.05, 4.69) is 41.5 Å². The number of aliphatic hydroxyl groups excluding tert-OH is 1. The summed E-state index contributed by atoms with van der Waals surface area (Å²) < 4.78 is 0.938. The Morgan fingerprint density at radius 3 is 2.48 bits per heavy atom. The second-order valence-corrected chi connectivity index (χ2v) is 7.31. The van der Waals surface area contributed by atoms with E-state index >= 15 is 0 Å². The molecular formula is C20H22BrN5O. The lowest BCUT2D eigenvalue weighted by molar-refractivity contribution is 0.248. The minimum Gasteiger partial charge on any atom is -0.394 e. The summed E-state index contributed by atoms with van der Waals surface area (Å²) in [6.07, 6.45) is 1.73. The second kappa shape index (κ2) is 8.92. The zero-order valence-electron chi connectivity index (χ0n) is 15.2. The van der Waals surface area contributed by atoms with Crippen LogP contribution in [0.25, 0.3) is 11.4 Å². The van der Waals surface area contributed by atoms with E-state index in [0.29, 0.717) is 17.5 Å². The minimum atomic E-state index is -0.139. The maximum atomic E-state index is 9.63. The molecular weight excluding hydrogens is 406 g/mol. The van der Waals surface area contributed by atoms with Gasteiger partial charge < -0.3 is 15.7 Å². The summed E-state index contributed by atoms with van der Waals surface area (Å²) in [5, 5.41) is 16.2. The van der Waals surface area contributed by atoms with E-state index in [0.717, 1.165) is 15.9 Å². The molecule has 0 fully saturated rings. The molecule has 0 radical (unpaired) electrons. The number of nitrogens with zero attached hydrogens (tertiary/aromatic N) is 3. The number of rotatable bonds is 7. The Hall–Kier alpha value is -2.51. The van der Waals surface area contributed by atoms with Crippen LogP contribution in [0.1, 0.15) is 13.8 Å². The first-order chi connectivity index (χ1) is 13.1. The van der Waals surface area contributed by atoms with Crippen molar-refractivity contribution in [3.63, 3.8) is 0 Å². The fraction of sp³-hybridized carbons (Fsp3) is 0.250. The van der Waals surface area contributed by atoms with Crippen molar-refractivity contribution in [2.45, 2.75) is 19.9 Å². The van der Waals surface area contributed by atoms with Crippen molar-refractivity contribution < 1.29 is 5.11 Å². The third-order valence-electron chi connectivity index (χ3n) is 4.11. The number of para-hydroxylation sites is 1. The molecule has 6 nitrogen and oxygen atoms in total. The molecule has 0 spiro atoms. The van der Waals surface area contributed by atoms with Crippen molar-refractivity contribution in [2.75, 3.05) is 17.2 Å². The van der Waals surface area contributed by atoms with Gasteiger partial charge in [-0.1, -0.05) is 32.0 Å². The molecule has 0 saturated heterocycles. The van der Waals surface area contributed by atoms with Crippen molar-refractivity contribution in [3.05, 3.63) is 59.2 Å². The van der Waals surface area contributed by atoms with Crippen LogP contribution in [0, 0.1) is 5.92 Å². The van der Waals surface area contributed by atoms with Crippen LogP contribution in [0.4, 0.5) is 17.5 Å². The highest BCUT2D eigenvalue weighted by Gasteiger charge is 2.15. The number of hydrogen-bond donors (Lipinski definition) is 3. The standard InChI is InChI=1S/C20H22BrN5O/c1-13(2)18(12-27)25-20-24-17(16-9-5-6-10-22-16)11-19(26-20)23-15-8-4-3-7-14(15)21/h3-11,13,18,27H,12H2,1-2H3,(H2,23,24,25,26)/t18-/m1/s1. The van der Waals surface area contributed by atoms with Crippen molar-refractivity contribution in [1.29, 1.82) is 0 Å². The highest BCUT2D eigenvalue weighted by molar-refractivity contribution is 9.10. The highest BCUT2D eigenvalue weighted by Crippen LogP contribution is 2.27. The Balaban J connectivity index is 1.99. The maximum absolute atomic E-state index is 9.63. The predicted octanol–water partition coefficient (Wildman–Crippen LogP) is 4.47. The lowest BCUT2D eigenvalue weighted by Crippen LogP contribution is -2.30. The molecule has 0 bridgehead atoms. The van der Waals surface area contributed by atoms with Gasteiger partial charge in [0, 0.05) is 16.7 Å². The summed E-state index contributed by atoms with van der Waals surface area (Å²) >= 11 is 3.54.